The van der Waals surface area contributed by atoms with Crippen molar-refractivity contribution >= 4 is 38.9 Å². The van der Waals surface area contributed by atoms with Gasteiger partial charge in [0.25, 0.3) is 0 Å². The topological polar surface area (TPSA) is 84.3 Å². The van der Waals surface area contributed by atoms with Gasteiger partial charge in [-0.1, -0.05) is 23.7 Å². The summed E-state index contributed by atoms with van der Waals surface area (Å²) in [6.07, 6.45) is 4.66. The van der Waals surface area contributed by atoms with Crippen molar-refractivity contribution in [1.82, 2.24) is 19.2 Å². The molecule has 7 nitrogen and oxygen atoms in total. The van der Waals surface area contributed by atoms with Crippen LogP contribution in [0.2, 0.25) is 5.02 Å². The van der Waals surface area contributed by atoms with Gasteiger partial charge in [0.1, 0.15) is 16.4 Å². The van der Waals surface area contributed by atoms with Crippen LogP contribution >= 0.6 is 22.9 Å². The molecule has 1 aliphatic heterocycles. The summed E-state index contributed by atoms with van der Waals surface area (Å²) in [5.74, 6) is -0.00865. The maximum atomic E-state index is 13.0. The highest BCUT2D eigenvalue weighted by Crippen LogP contribution is 2.28. The lowest BCUT2D eigenvalue weighted by atomic mass is 10.1. The lowest BCUT2D eigenvalue weighted by Crippen LogP contribution is -2.37. The number of aryl methyl sites for hydroxylation is 1. The van der Waals surface area contributed by atoms with E-state index in [1.165, 1.54) is 17.5 Å². The molecule has 0 radical (unpaired) electrons. The van der Waals surface area contributed by atoms with Crippen LogP contribution in [0.4, 0.5) is 0 Å². The zero-order valence-electron chi connectivity index (χ0n) is 17.8. The van der Waals surface area contributed by atoms with Gasteiger partial charge >= 0.3 is 0 Å². The number of piperidine rings is 1. The van der Waals surface area contributed by atoms with Crippen molar-refractivity contribution in [3.8, 4) is 10.7 Å². The highest BCUT2D eigenvalue weighted by molar-refractivity contribution is 7.89. The molecule has 4 rings (SSSR count). The number of likely N-dealkylation sites (tertiary alicyclic amines) is 1. The lowest BCUT2D eigenvalue weighted by molar-refractivity contribution is -0.132. The quantitative estimate of drug-likeness (QED) is 0.539. The number of hydrogen-bond donors (Lipinski definition) is 1. The Bertz CT molecular complexity index is 1210. The number of carbonyl (C=O) groups is 1. The smallest absolute Gasteiger partial charge is 0.242 e. The first-order valence-corrected chi connectivity index (χ1v) is 13.2. The predicted octanol–water partition coefficient (Wildman–Crippen LogP) is 4.06. The lowest BCUT2D eigenvalue weighted by Gasteiger charge is -2.27. The Morgan fingerprint density at radius 2 is 2.00 bits per heavy atom. The molecule has 1 aromatic carbocycles. The molecule has 2 aromatic heterocycles. The molecule has 0 bridgehead atoms. The standard InChI is InChI=1S/C22H25ClN4O3S2/c1-16-15-31-22(25-16)20-11-19(13-27(20)14-21(28)26-8-3-2-4-9-26)32(29,30)24-12-17-6-5-7-18(23)10-17/h5-7,10-11,13,15,24H,2-4,8-9,12,14H2,1H3. The Hall–Kier alpha value is -2.20. The van der Waals surface area contributed by atoms with E-state index in [0.717, 1.165) is 43.6 Å². The van der Waals surface area contributed by atoms with E-state index in [2.05, 4.69) is 9.71 Å². The maximum absolute atomic E-state index is 13.0. The molecule has 0 unspecified atom stereocenters. The van der Waals surface area contributed by atoms with Crippen molar-refractivity contribution in [1.29, 1.82) is 0 Å². The van der Waals surface area contributed by atoms with Gasteiger partial charge in [0.15, 0.2) is 0 Å². The van der Waals surface area contributed by atoms with Gasteiger partial charge in [-0.2, -0.15) is 0 Å². The van der Waals surface area contributed by atoms with Crippen molar-refractivity contribution in [2.75, 3.05) is 13.1 Å². The van der Waals surface area contributed by atoms with Crippen molar-refractivity contribution in [2.45, 2.75) is 44.2 Å². The summed E-state index contributed by atoms with van der Waals surface area (Å²) in [4.78, 5) is 19.3. The summed E-state index contributed by atoms with van der Waals surface area (Å²) in [7, 11) is -3.80. The van der Waals surface area contributed by atoms with E-state index in [1.54, 1.807) is 34.9 Å². The molecule has 0 atom stereocenters. The van der Waals surface area contributed by atoms with Crippen LogP contribution in [-0.4, -0.2) is 41.9 Å². The number of carbonyl (C=O) groups excluding carboxylic acids is 1. The van der Waals surface area contributed by atoms with Crippen LogP contribution in [0.5, 0.6) is 0 Å². The Kier molecular flexibility index (Phi) is 6.99. The minimum Gasteiger partial charge on any atom is -0.341 e. The van der Waals surface area contributed by atoms with Crippen LogP contribution in [-0.2, 0) is 27.9 Å². The Morgan fingerprint density at radius 3 is 2.69 bits per heavy atom. The average Bonchev–Trinajstić information content (AvgIpc) is 3.39. The summed E-state index contributed by atoms with van der Waals surface area (Å²) in [6.45, 7) is 3.58. The van der Waals surface area contributed by atoms with E-state index in [4.69, 9.17) is 11.6 Å². The fraction of sp³-hybridized carbons (Fsp3) is 0.364. The van der Waals surface area contributed by atoms with E-state index in [9.17, 15) is 13.2 Å². The largest absolute Gasteiger partial charge is 0.341 e. The molecule has 0 spiro atoms. The summed E-state index contributed by atoms with van der Waals surface area (Å²) < 4.78 is 30.3. The Labute approximate surface area is 197 Å². The van der Waals surface area contributed by atoms with Gasteiger partial charge in [0, 0.05) is 41.9 Å². The minimum absolute atomic E-state index is 0.00865. The number of nitrogens with one attached hydrogen (secondary N) is 1. The fourth-order valence-corrected chi connectivity index (χ4v) is 5.81. The summed E-state index contributed by atoms with van der Waals surface area (Å²) >= 11 is 7.42. The number of nitrogens with zero attached hydrogens (tertiary/aromatic N) is 3. The number of aromatic nitrogens is 2. The van der Waals surface area contributed by atoms with Crippen LogP contribution in [0.1, 0.15) is 30.5 Å². The molecule has 1 fully saturated rings. The molecule has 1 saturated heterocycles. The molecular weight excluding hydrogens is 468 g/mol. The molecule has 1 aliphatic rings. The van der Waals surface area contributed by atoms with Crippen LogP contribution in [0, 0.1) is 6.92 Å². The van der Waals surface area contributed by atoms with Crippen molar-refractivity contribution in [2.24, 2.45) is 0 Å². The number of benzene rings is 1. The van der Waals surface area contributed by atoms with Crippen LogP contribution in [0.15, 0.2) is 46.8 Å². The van der Waals surface area contributed by atoms with E-state index in [-0.39, 0.29) is 23.9 Å². The monoisotopic (exact) mass is 492 g/mol. The molecule has 0 aliphatic carbocycles. The van der Waals surface area contributed by atoms with E-state index in [0.29, 0.717) is 15.7 Å². The molecule has 1 N–H and O–H groups in total. The molecular formula is C22H25ClN4O3S2. The number of sulfonamides is 1. The highest BCUT2D eigenvalue weighted by atomic mass is 35.5. The van der Waals surface area contributed by atoms with Gasteiger partial charge in [-0.25, -0.2) is 18.1 Å². The molecule has 170 valence electrons. The molecule has 3 aromatic rings. The SMILES string of the molecule is Cc1csc(-c2cc(S(=O)(=O)NCc3cccc(Cl)c3)cn2CC(=O)N2CCCCC2)n1. The van der Waals surface area contributed by atoms with E-state index in [1.807, 2.05) is 17.2 Å². The van der Waals surface area contributed by atoms with Crippen molar-refractivity contribution < 1.29 is 13.2 Å². The Balaban J connectivity index is 1.59. The van der Waals surface area contributed by atoms with Gasteiger partial charge in [-0.15, -0.1) is 11.3 Å². The maximum Gasteiger partial charge on any atom is 0.242 e. The van der Waals surface area contributed by atoms with E-state index < -0.39 is 10.0 Å². The van der Waals surface area contributed by atoms with Gasteiger partial charge in [-0.05, 0) is 49.9 Å². The number of rotatable bonds is 7. The van der Waals surface area contributed by atoms with Crippen LogP contribution in [0.3, 0.4) is 0 Å². The second kappa shape index (κ2) is 9.74. The van der Waals surface area contributed by atoms with Gasteiger partial charge < -0.3 is 9.47 Å². The molecule has 1 amide bonds. The van der Waals surface area contributed by atoms with Crippen LogP contribution in [0.25, 0.3) is 10.7 Å². The minimum atomic E-state index is -3.80. The highest BCUT2D eigenvalue weighted by Gasteiger charge is 2.23. The van der Waals surface area contributed by atoms with Gasteiger partial charge in [0.2, 0.25) is 15.9 Å². The zero-order chi connectivity index (χ0) is 22.7. The number of thiazole rings is 1. The molecule has 32 heavy (non-hydrogen) atoms. The molecule has 0 saturated carbocycles. The van der Waals surface area contributed by atoms with Crippen molar-refractivity contribution in [3.63, 3.8) is 0 Å². The third kappa shape index (κ3) is 5.40. The third-order valence-corrected chi connectivity index (χ3v) is 7.98. The third-order valence-electron chi connectivity index (χ3n) is 5.39. The number of amides is 1. The first kappa shape index (κ1) is 23.0. The van der Waals surface area contributed by atoms with Crippen molar-refractivity contribution in [3.05, 3.63) is 58.2 Å². The summed E-state index contributed by atoms with van der Waals surface area (Å²) in [6, 6.07) is 8.62. The zero-order valence-corrected chi connectivity index (χ0v) is 20.1. The average molecular weight is 493 g/mol. The predicted molar refractivity (Wildman–Crippen MR) is 126 cm³/mol. The number of hydrogen-bond acceptors (Lipinski definition) is 5. The van der Waals surface area contributed by atoms with Crippen LogP contribution < -0.4 is 4.72 Å². The Morgan fingerprint density at radius 1 is 1.22 bits per heavy atom. The molecule has 3 heterocycles. The second-order valence-corrected chi connectivity index (χ2v) is 10.9. The van der Waals surface area contributed by atoms with Gasteiger partial charge in [0.05, 0.1) is 5.69 Å². The first-order chi connectivity index (χ1) is 15.3. The normalized spacial score (nSPS) is 14.6. The molecule has 10 heteroatoms. The first-order valence-electron chi connectivity index (χ1n) is 10.5. The van der Waals surface area contributed by atoms with E-state index >= 15 is 0 Å². The summed E-state index contributed by atoms with van der Waals surface area (Å²) in [5, 5.41) is 3.14. The number of halogens is 1. The fourth-order valence-electron chi connectivity index (χ4n) is 3.71. The van der Waals surface area contributed by atoms with Gasteiger partial charge in [-0.3, -0.25) is 4.79 Å². The second-order valence-electron chi connectivity index (χ2n) is 7.88. The summed E-state index contributed by atoms with van der Waals surface area (Å²) in [5.41, 5.74) is 2.23.